The van der Waals surface area contributed by atoms with E-state index in [-0.39, 0.29) is 23.7 Å². The molecule has 0 radical (unpaired) electrons. The Balaban J connectivity index is 2.09. The number of fused-ring (bicyclic) bond motifs is 2. The number of thiol groups is 1. The van der Waals surface area contributed by atoms with E-state index in [0.29, 0.717) is 12.5 Å². The zero-order valence-corrected chi connectivity index (χ0v) is 11.3. The monoisotopic (exact) mass is 255 g/mol. The summed E-state index contributed by atoms with van der Waals surface area (Å²) in [4.78, 5) is 25.9. The summed E-state index contributed by atoms with van der Waals surface area (Å²) >= 11 is 4.29. The van der Waals surface area contributed by atoms with E-state index in [1.807, 2.05) is 0 Å². The summed E-state index contributed by atoms with van der Waals surface area (Å²) in [5.41, 5.74) is 0. The van der Waals surface area contributed by atoms with Crippen LogP contribution in [0.2, 0.25) is 0 Å². The molecule has 0 spiro atoms. The lowest BCUT2D eigenvalue weighted by molar-refractivity contribution is -0.158. The Morgan fingerprint density at radius 2 is 1.88 bits per heavy atom. The Kier molecular flexibility index (Phi) is 4.13. The molecule has 17 heavy (non-hydrogen) atoms. The highest BCUT2D eigenvalue weighted by atomic mass is 32.1. The number of rotatable bonds is 4. The topological polar surface area (TPSA) is 37.4 Å². The predicted molar refractivity (Wildman–Crippen MR) is 69.8 cm³/mol. The number of nitrogens with zero attached hydrogens (tertiary/aromatic N) is 1. The molecule has 2 rings (SSSR count). The van der Waals surface area contributed by atoms with Gasteiger partial charge < -0.3 is 0 Å². The zero-order chi connectivity index (χ0) is 12.4. The highest BCUT2D eigenvalue weighted by Crippen LogP contribution is 2.36. The normalized spacial score (nSPS) is 30.6. The molecule has 2 aliphatic rings. The predicted octanol–water partition coefficient (Wildman–Crippen LogP) is 2.12. The van der Waals surface area contributed by atoms with Crippen molar-refractivity contribution < 1.29 is 9.59 Å². The Morgan fingerprint density at radius 1 is 1.29 bits per heavy atom. The van der Waals surface area contributed by atoms with Gasteiger partial charge in [0.2, 0.25) is 11.8 Å². The van der Waals surface area contributed by atoms with Crippen LogP contribution >= 0.6 is 12.6 Å². The van der Waals surface area contributed by atoms with Crippen LogP contribution in [0, 0.1) is 17.8 Å². The van der Waals surface area contributed by atoms with E-state index in [9.17, 15) is 9.59 Å². The maximum atomic E-state index is 12.2. The number of likely N-dealkylation sites (tertiary alicyclic amines) is 1. The van der Waals surface area contributed by atoms with Gasteiger partial charge in [-0.15, -0.1) is 0 Å². The lowest BCUT2D eigenvalue weighted by Gasteiger charge is -2.40. The minimum absolute atomic E-state index is 0.0752. The Labute approximate surface area is 108 Å². The average Bonchev–Trinajstić information content (AvgIpc) is 2.38. The van der Waals surface area contributed by atoms with Crippen LogP contribution in [0.1, 0.15) is 39.0 Å². The number of hydrogen-bond acceptors (Lipinski definition) is 3. The maximum Gasteiger partial charge on any atom is 0.232 e. The van der Waals surface area contributed by atoms with Crippen molar-refractivity contribution in [1.82, 2.24) is 4.90 Å². The van der Waals surface area contributed by atoms with E-state index >= 15 is 0 Å². The van der Waals surface area contributed by atoms with Crippen LogP contribution in [0.5, 0.6) is 0 Å². The number of piperidine rings is 1. The summed E-state index contributed by atoms with van der Waals surface area (Å²) in [5.74, 6) is 1.46. The van der Waals surface area contributed by atoms with E-state index in [0.717, 1.165) is 37.9 Å². The van der Waals surface area contributed by atoms with Gasteiger partial charge in [-0.25, -0.2) is 0 Å². The molecule has 2 amide bonds. The van der Waals surface area contributed by atoms with E-state index in [1.54, 1.807) is 0 Å². The summed E-state index contributed by atoms with van der Waals surface area (Å²) in [7, 11) is 0. The van der Waals surface area contributed by atoms with Crippen molar-refractivity contribution >= 4 is 24.4 Å². The van der Waals surface area contributed by atoms with Crippen molar-refractivity contribution in [3.8, 4) is 0 Å². The number of carbonyl (C=O) groups excluding carboxylic acids is 2. The third-order valence-electron chi connectivity index (χ3n) is 4.18. The summed E-state index contributed by atoms with van der Waals surface area (Å²) < 4.78 is 0. The fraction of sp³-hybridized carbons (Fsp3) is 0.846. The SMILES string of the molecule is CCC(CS)CN1C(=O)C2CCCC(C2)C1=O. The van der Waals surface area contributed by atoms with Gasteiger partial charge in [0.05, 0.1) is 0 Å². The molecule has 1 saturated heterocycles. The second-order valence-corrected chi connectivity index (χ2v) is 5.67. The lowest BCUT2D eigenvalue weighted by Crippen LogP contribution is -2.52. The van der Waals surface area contributed by atoms with Crippen molar-refractivity contribution in [2.45, 2.75) is 39.0 Å². The fourth-order valence-electron chi connectivity index (χ4n) is 2.94. The minimum Gasteiger partial charge on any atom is -0.282 e. The van der Waals surface area contributed by atoms with Gasteiger partial charge in [-0.2, -0.15) is 12.6 Å². The maximum absolute atomic E-state index is 12.2. The Hall–Kier alpha value is -0.510. The van der Waals surface area contributed by atoms with Crippen LogP contribution in [0.3, 0.4) is 0 Å². The first-order chi connectivity index (χ1) is 8.17. The van der Waals surface area contributed by atoms with Crippen molar-refractivity contribution in [3.63, 3.8) is 0 Å². The van der Waals surface area contributed by atoms with E-state index in [1.165, 1.54) is 4.90 Å². The van der Waals surface area contributed by atoms with Crippen LogP contribution in [0.25, 0.3) is 0 Å². The minimum atomic E-state index is 0.0752. The first-order valence-corrected chi connectivity index (χ1v) is 7.26. The van der Waals surface area contributed by atoms with Gasteiger partial charge in [-0.1, -0.05) is 19.8 Å². The van der Waals surface area contributed by atoms with E-state index in [2.05, 4.69) is 19.6 Å². The quantitative estimate of drug-likeness (QED) is 0.617. The van der Waals surface area contributed by atoms with Crippen molar-refractivity contribution in [2.24, 2.45) is 17.8 Å². The van der Waals surface area contributed by atoms with E-state index in [4.69, 9.17) is 0 Å². The van der Waals surface area contributed by atoms with Crippen LogP contribution in [0.4, 0.5) is 0 Å². The van der Waals surface area contributed by atoms with Gasteiger partial charge in [0.15, 0.2) is 0 Å². The number of amides is 2. The van der Waals surface area contributed by atoms with Gasteiger partial charge in [0.25, 0.3) is 0 Å². The first kappa shape index (κ1) is 12.9. The second kappa shape index (κ2) is 5.42. The molecule has 0 N–H and O–H groups in total. The molecule has 96 valence electrons. The molecule has 1 heterocycles. The van der Waals surface area contributed by atoms with E-state index < -0.39 is 0 Å². The summed E-state index contributed by atoms with van der Waals surface area (Å²) in [5, 5.41) is 0. The molecule has 3 nitrogen and oxygen atoms in total. The zero-order valence-electron chi connectivity index (χ0n) is 10.4. The van der Waals surface area contributed by atoms with Crippen LogP contribution in [-0.4, -0.2) is 29.0 Å². The molecule has 4 heteroatoms. The van der Waals surface area contributed by atoms with Gasteiger partial charge >= 0.3 is 0 Å². The Bertz CT molecular complexity index is 293. The molecule has 0 aromatic carbocycles. The standard InChI is InChI=1S/C13H21NO2S/c1-2-9(8-17)7-14-12(15)10-4-3-5-11(6-10)13(14)16/h9-11,17H,2-8H2,1H3. The molecular weight excluding hydrogens is 234 g/mol. The molecule has 1 saturated carbocycles. The summed E-state index contributed by atoms with van der Waals surface area (Å²) in [6, 6.07) is 0. The van der Waals surface area contributed by atoms with Gasteiger partial charge in [-0.3, -0.25) is 14.5 Å². The number of carbonyl (C=O) groups is 2. The van der Waals surface area contributed by atoms with Crippen molar-refractivity contribution in [3.05, 3.63) is 0 Å². The van der Waals surface area contributed by atoms with Gasteiger partial charge in [0, 0.05) is 18.4 Å². The molecule has 2 fully saturated rings. The third-order valence-corrected chi connectivity index (χ3v) is 4.70. The molecule has 1 aliphatic carbocycles. The lowest BCUT2D eigenvalue weighted by atomic mass is 9.76. The highest BCUT2D eigenvalue weighted by molar-refractivity contribution is 7.80. The van der Waals surface area contributed by atoms with Crippen LogP contribution < -0.4 is 0 Å². The summed E-state index contributed by atoms with van der Waals surface area (Å²) in [6.07, 6.45) is 4.74. The molecule has 0 aromatic heterocycles. The summed E-state index contributed by atoms with van der Waals surface area (Å²) in [6.45, 7) is 2.66. The smallest absolute Gasteiger partial charge is 0.232 e. The largest absolute Gasteiger partial charge is 0.282 e. The number of imide groups is 1. The highest BCUT2D eigenvalue weighted by Gasteiger charge is 2.43. The van der Waals surface area contributed by atoms with Gasteiger partial charge in [0.1, 0.15) is 0 Å². The van der Waals surface area contributed by atoms with Crippen molar-refractivity contribution in [1.29, 1.82) is 0 Å². The fourth-order valence-corrected chi connectivity index (χ4v) is 3.32. The molecule has 0 aromatic rings. The molecule has 2 bridgehead atoms. The first-order valence-electron chi connectivity index (χ1n) is 6.63. The third kappa shape index (κ3) is 2.51. The Morgan fingerprint density at radius 3 is 2.35 bits per heavy atom. The molecule has 3 unspecified atom stereocenters. The molecule has 3 atom stereocenters. The van der Waals surface area contributed by atoms with Crippen LogP contribution in [-0.2, 0) is 9.59 Å². The van der Waals surface area contributed by atoms with Crippen molar-refractivity contribution in [2.75, 3.05) is 12.3 Å². The number of hydrogen-bond donors (Lipinski definition) is 1. The average molecular weight is 255 g/mol. The van der Waals surface area contributed by atoms with Crippen LogP contribution in [0.15, 0.2) is 0 Å². The molecule has 1 aliphatic heterocycles. The van der Waals surface area contributed by atoms with Gasteiger partial charge in [-0.05, 0) is 30.9 Å². The second-order valence-electron chi connectivity index (χ2n) is 5.30. The molecular formula is C13H21NO2S.